The zero-order valence-electron chi connectivity index (χ0n) is 10.1. The maximum atomic E-state index is 11.6. The van der Waals surface area contributed by atoms with Crippen LogP contribution in [0.4, 0.5) is 5.69 Å². The van der Waals surface area contributed by atoms with Gasteiger partial charge in [0.2, 0.25) is 5.91 Å². The lowest BCUT2D eigenvalue weighted by Crippen LogP contribution is -2.43. The molecule has 94 valence electrons. The summed E-state index contributed by atoms with van der Waals surface area (Å²) in [6.07, 6.45) is 0. The Morgan fingerprint density at radius 1 is 1.41 bits per heavy atom. The molecule has 0 bridgehead atoms. The van der Waals surface area contributed by atoms with Crippen molar-refractivity contribution in [1.82, 2.24) is 5.32 Å². The largest absolute Gasteiger partial charge is 0.375 e. The van der Waals surface area contributed by atoms with Crippen LogP contribution in [-0.4, -0.2) is 18.0 Å². The van der Waals surface area contributed by atoms with Crippen LogP contribution >= 0.6 is 34.2 Å². The Bertz CT molecular complexity index is 415. The fourth-order valence-corrected chi connectivity index (χ4v) is 2.19. The average molecular weight is 367 g/mol. The zero-order valence-corrected chi connectivity index (χ0v) is 13.0. The molecule has 1 rings (SSSR count). The molecule has 0 aliphatic heterocycles. The Labute approximate surface area is 120 Å². The van der Waals surface area contributed by atoms with E-state index >= 15 is 0 Å². The summed E-state index contributed by atoms with van der Waals surface area (Å²) >= 11 is 8.24. The number of amides is 1. The van der Waals surface area contributed by atoms with Crippen LogP contribution in [-0.2, 0) is 4.79 Å². The second kappa shape index (κ2) is 5.91. The van der Waals surface area contributed by atoms with Gasteiger partial charge in [-0.05, 0) is 61.6 Å². The Kier molecular flexibility index (Phi) is 5.06. The number of hydrogen-bond donors (Lipinski definition) is 2. The number of hydrogen-bond acceptors (Lipinski definition) is 2. The van der Waals surface area contributed by atoms with Crippen molar-refractivity contribution >= 4 is 45.8 Å². The second-order valence-corrected chi connectivity index (χ2v) is 6.43. The van der Waals surface area contributed by atoms with Gasteiger partial charge < -0.3 is 10.6 Å². The van der Waals surface area contributed by atoms with E-state index in [1.165, 1.54) is 0 Å². The number of rotatable bonds is 3. The summed E-state index contributed by atoms with van der Waals surface area (Å²) in [6.45, 7) is 6.06. The predicted molar refractivity (Wildman–Crippen MR) is 80.6 cm³/mol. The first-order valence-electron chi connectivity index (χ1n) is 5.28. The molecule has 5 heteroatoms. The summed E-state index contributed by atoms with van der Waals surface area (Å²) in [6, 6.07) is 5.66. The molecule has 0 heterocycles. The third-order valence-electron chi connectivity index (χ3n) is 1.88. The summed E-state index contributed by atoms with van der Waals surface area (Å²) in [5, 5.41) is 6.51. The third-order valence-corrected chi connectivity index (χ3v) is 2.87. The van der Waals surface area contributed by atoms with E-state index in [2.05, 4.69) is 33.2 Å². The molecule has 3 nitrogen and oxygen atoms in total. The van der Waals surface area contributed by atoms with Gasteiger partial charge in [0.25, 0.3) is 0 Å². The van der Waals surface area contributed by atoms with E-state index in [0.29, 0.717) is 5.02 Å². The van der Waals surface area contributed by atoms with Gasteiger partial charge >= 0.3 is 0 Å². The van der Waals surface area contributed by atoms with Crippen LogP contribution in [0.15, 0.2) is 18.2 Å². The van der Waals surface area contributed by atoms with Crippen molar-refractivity contribution in [2.45, 2.75) is 26.3 Å². The molecule has 0 saturated carbocycles. The number of nitrogens with one attached hydrogen (secondary N) is 2. The highest BCUT2D eigenvalue weighted by Gasteiger charge is 2.13. The molecule has 17 heavy (non-hydrogen) atoms. The monoisotopic (exact) mass is 366 g/mol. The van der Waals surface area contributed by atoms with Crippen molar-refractivity contribution < 1.29 is 4.79 Å². The Morgan fingerprint density at radius 2 is 2.06 bits per heavy atom. The number of carbonyl (C=O) groups excluding carboxylic acids is 1. The smallest absolute Gasteiger partial charge is 0.239 e. The van der Waals surface area contributed by atoms with Gasteiger partial charge in [0.05, 0.1) is 17.3 Å². The van der Waals surface area contributed by atoms with Crippen molar-refractivity contribution in [1.29, 1.82) is 0 Å². The van der Waals surface area contributed by atoms with Crippen LogP contribution in [0.1, 0.15) is 20.8 Å². The highest BCUT2D eigenvalue weighted by molar-refractivity contribution is 14.1. The first kappa shape index (κ1) is 14.6. The van der Waals surface area contributed by atoms with E-state index in [4.69, 9.17) is 11.6 Å². The predicted octanol–water partition coefficient (Wildman–Crippen LogP) is 3.27. The van der Waals surface area contributed by atoms with Crippen LogP contribution in [0, 0.1) is 3.57 Å². The zero-order chi connectivity index (χ0) is 13.1. The van der Waals surface area contributed by atoms with Gasteiger partial charge in [-0.2, -0.15) is 0 Å². The van der Waals surface area contributed by atoms with Crippen molar-refractivity contribution in [3.8, 4) is 0 Å². The highest BCUT2D eigenvalue weighted by Crippen LogP contribution is 2.23. The second-order valence-electron chi connectivity index (χ2n) is 4.78. The van der Waals surface area contributed by atoms with Crippen molar-refractivity contribution in [3.05, 3.63) is 26.8 Å². The molecule has 1 aromatic rings. The molecule has 0 fully saturated rings. The van der Waals surface area contributed by atoms with Crippen LogP contribution in [0.3, 0.4) is 0 Å². The molecular weight excluding hydrogens is 351 g/mol. The molecular formula is C12H16ClIN2O. The summed E-state index contributed by atoms with van der Waals surface area (Å²) in [7, 11) is 0. The lowest BCUT2D eigenvalue weighted by atomic mass is 10.1. The van der Waals surface area contributed by atoms with Gasteiger partial charge in [-0.15, -0.1) is 0 Å². The maximum absolute atomic E-state index is 11.6. The van der Waals surface area contributed by atoms with Crippen molar-refractivity contribution in [3.63, 3.8) is 0 Å². The molecule has 0 saturated heterocycles. The third kappa shape index (κ3) is 5.59. The SMILES string of the molecule is CC(C)(C)NC(=O)CNc1ccc(I)cc1Cl. The van der Waals surface area contributed by atoms with Gasteiger partial charge in [0, 0.05) is 9.11 Å². The number of carbonyl (C=O) groups is 1. The molecule has 0 unspecified atom stereocenters. The minimum Gasteiger partial charge on any atom is -0.375 e. The van der Waals surface area contributed by atoms with E-state index in [1.54, 1.807) is 0 Å². The van der Waals surface area contributed by atoms with Crippen LogP contribution in [0.2, 0.25) is 5.02 Å². The Balaban J connectivity index is 2.53. The van der Waals surface area contributed by atoms with Crippen molar-refractivity contribution in [2.24, 2.45) is 0 Å². The van der Waals surface area contributed by atoms with Crippen LogP contribution in [0.25, 0.3) is 0 Å². The lowest BCUT2D eigenvalue weighted by Gasteiger charge is -2.20. The van der Waals surface area contributed by atoms with E-state index in [0.717, 1.165) is 9.26 Å². The van der Waals surface area contributed by atoms with Gasteiger partial charge in [-0.25, -0.2) is 0 Å². The lowest BCUT2D eigenvalue weighted by molar-refractivity contribution is -0.120. The van der Waals surface area contributed by atoms with Crippen LogP contribution in [0.5, 0.6) is 0 Å². The molecule has 0 atom stereocenters. The minimum absolute atomic E-state index is 0.0490. The highest BCUT2D eigenvalue weighted by atomic mass is 127. The maximum Gasteiger partial charge on any atom is 0.239 e. The molecule has 1 aromatic carbocycles. The standard InChI is InChI=1S/C12H16ClIN2O/c1-12(2,3)16-11(17)7-15-10-5-4-8(14)6-9(10)13/h4-6,15H,7H2,1-3H3,(H,16,17). The number of anilines is 1. The first-order chi connectivity index (χ1) is 7.78. The Hall–Kier alpha value is -0.490. The van der Waals surface area contributed by atoms with Gasteiger partial charge in [0.15, 0.2) is 0 Å². The molecule has 0 spiro atoms. The quantitative estimate of drug-likeness (QED) is 0.806. The summed E-state index contributed by atoms with van der Waals surface area (Å²) in [5.74, 6) is -0.0490. The van der Waals surface area contributed by atoms with Gasteiger partial charge in [0.1, 0.15) is 0 Å². The number of benzene rings is 1. The van der Waals surface area contributed by atoms with E-state index in [9.17, 15) is 4.79 Å². The average Bonchev–Trinajstić information content (AvgIpc) is 2.13. The van der Waals surface area contributed by atoms with Crippen molar-refractivity contribution in [2.75, 3.05) is 11.9 Å². The molecule has 0 radical (unpaired) electrons. The molecule has 1 amide bonds. The first-order valence-corrected chi connectivity index (χ1v) is 6.73. The minimum atomic E-state index is -0.214. The fourth-order valence-electron chi connectivity index (χ4n) is 1.27. The van der Waals surface area contributed by atoms with Gasteiger partial charge in [-0.1, -0.05) is 11.6 Å². The molecule has 2 N–H and O–H groups in total. The van der Waals surface area contributed by atoms with E-state index in [-0.39, 0.29) is 18.0 Å². The van der Waals surface area contributed by atoms with Crippen LogP contribution < -0.4 is 10.6 Å². The summed E-state index contributed by atoms with van der Waals surface area (Å²) in [5.41, 5.74) is 0.561. The molecule has 0 aromatic heterocycles. The normalized spacial score (nSPS) is 11.1. The van der Waals surface area contributed by atoms with E-state index in [1.807, 2.05) is 39.0 Å². The summed E-state index contributed by atoms with van der Waals surface area (Å²) < 4.78 is 1.07. The molecule has 0 aliphatic rings. The fraction of sp³-hybridized carbons (Fsp3) is 0.417. The number of halogens is 2. The van der Waals surface area contributed by atoms with Gasteiger partial charge in [-0.3, -0.25) is 4.79 Å². The van der Waals surface area contributed by atoms with E-state index < -0.39 is 0 Å². The molecule has 0 aliphatic carbocycles. The summed E-state index contributed by atoms with van der Waals surface area (Å²) in [4.78, 5) is 11.6. The Morgan fingerprint density at radius 3 is 2.59 bits per heavy atom. The topological polar surface area (TPSA) is 41.1 Å².